The average molecular weight is 719 g/mol. The zero-order valence-corrected chi connectivity index (χ0v) is 31.9. The van der Waals surface area contributed by atoms with E-state index in [-0.39, 0.29) is 30.4 Å². The molecule has 284 valence electrons. The standard InChI is InChI=1S/C41H58N4O7/c1-40(2,3)35(44-38(49)51-7)25-42-33(23-28-17-19-30(20-18-28)31-16-12-15-29(21-31)26-46)34(47)24-32(22-27-13-10-9-11-14-27)43-37(48)36(41(4,5)6)45-39(50)52-8/h9-21,32-36,42,46-47H,22-26H2,1-8H3,(H,43,48)(H,44,49)(H,45,50)/t32-,33-,34-,35+,36+/m0/s1. The molecule has 6 N–H and O–H groups in total. The maximum Gasteiger partial charge on any atom is 0.407 e. The summed E-state index contributed by atoms with van der Waals surface area (Å²) in [4.78, 5) is 38.2. The molecule has 3 aromatic carbocycles. The summed E-state index contributed by atoms with van der Waals surface area (Å²) in [7, 11) is 2.58. The number of ether oxygens (including phenoxy) is 2. The number of aliphatic hydroxyl groups is 2. The highest BCUT2D eigenvalue weighted by molar-refractivity contribution is 5.86. The summed E-state index contributed by atoms with van der Waals surface area (Å²) < 4.78 is 9.69. The fraction of sp³-hybridized carbons (Fsp3) is 0.488. The smallest absolute Gasteiger partial charge is 0.407 e. The first kappa shape index (κ1) is 42.0. The van der Waals surface area contributed by atoms with Gasteiger partial charge in [0.2, 0.25) is 5.91 Å². The molecule has 11 heteroatoms. The third kappa shape index (κ3) is 13.3. The van der Waals surface area contributed by atoms with Gasteiger partial charge in [0.25, 0.3) is 0 Å². The van der Waals surface area contributed by atoms with Gasteiger partial charge in [-0.05, 0) is 64.0 Å². The minimum Gasteiger partial charge on any atom is -0.453 e. The van der Waals surface area contributed by atoms with E-state index < -0.39 is 41.8 Å². The van der Waals surface area contributed by atoms with E-state index in [0.717, 1.165) is 27.8 Å². The maximum absolute atomic E-state index is 13.8. The number of nitrogens with one attached hydrogen (secondary N) is 4. The van der Waals surface area contributed by atoms with Crippen LogP contribution in [0.4, 0.5) is 9.59 Å². The van der Waals surface area contributed by atoms with Crippen LogP contribution in [-0.4, -0.2) is 79.3 Å². The molecule has 0 aliphatic rings. The number of hydrogen-bond acceptors (Lipinski definition) is 8. The van der Waals surface area contributed by atoms with Crippen LogP contribution in [0.1, 0.15) is 64.7 Å². The number of alkyl carbamates (subject to hydrolysis) is 2. The summed E-state index contributed by atoms with van der Waals surface area (Å²) in [6.45, 7) is 11.9. The van der Waals surface area contributed by atoms with E-state index in [1.807, 2.05) is 120 Å². The molecule has 0 heterocycles. The first-order valence-corrected chi connectivity index (χ1v) is 17.8. The van der Waals surface area contributed by atoms with E-state index >= 15 is 0 Å². The van der Waals surface area contributed by atoms with Crippen LogP contribution in [0.3, 0.4) is 0 Å². The summed E-state index contributed by atoms with van der Waals surface area (Å²) >= 11 is 0. The molecule has 11 nitrogen and oxygen atoms in total. The largest absolute Gasteiger partial charge is 0.453 e. The Morgan fingerprint density at radius 1 is 0.692 bits per heavy atom. The molecule has 0 spiro atoms. The van der Waals surface area contributed by atoms with E-state index in [1.165, 1.54) is 14.2 Å². The molecule has 0 radical (unpaired) electrons. The Morgan fingerprint density at radius 2 is 1.29 bits per heavy atom. The number of rotatable bonds is 16. The lowest BCUT2D eigenvalue weighted by atomic mass is 9.85. The van der Waals surface area contributed by atoms with Crippen LogP contribution in [-0.2, 0) is 33.7 Å². The van der Waals surface area contributed by atoms with E-state index in [1.54, 1.807) is 0 Å². The van der Waals surface area contributed by atoms with Gasteiger partial charge in [-0.25, -0.2) is 9.59 Å². The number of carbonyl (C=O) groups excluding carboxylic acids is 3. The molecule has 0 aliphatic heterocycles. The van der Waals surface area contributed by atoms with E-state index in [4.69, 9.17) is 9.47 Å². The summed E-state index contributed by atoms with van der Waals surface area (Å²) in [5, 5.41) is 33.9. The third-order valence-corrected chi connectivity index (χ3v) is 9.20. The molecule has 5 atom stereocenters. The van der Waals surface area contributed by atoms with Crippen molar-refractivity contribution in [2.45, 2.75) is 97.7 Å². The van der Waals surface area contributed by atoms with Crippen molar-refractivity contribution in [1.29, 1.82) is 0 Å². The highest BCUT2D eigenvalue weighted by Gasteiger charge is 2.35. The van der Waals surface area contributed by atoms with Gasteiger partial charge in [-0.2, -0.15) is 0 Å². The van der Waals surface area contributed by atoms with Gasteiger partial charge in [-0.3, -0.25) is 4.79 Å². The Hall–Kier alpha value is -4.45. The molecule has 0 saturated carbocycles. The topological polar surface area (TPSA) is 158 Å². The zero-order chi connectivity index (χ0) is 38.5. The predicted octanol–water partition coefficient (Wildman–Crippen LogP) is 5.37. The van der Waals surface area contributed by atoms with Crippen LogP contribution >= 0.6 is 0 Å². The van der Waals surface area contributed by atoms with Crippen LogP contribution in [0, 0.1) is 10.8 Å². The van der Waals surface area contributed by atoms with E-state index in [9.17, 15) is 24.6 Å². The van der Waals surface area contributed by atoms with Gasteiger partial charge in [0, 0.05) is 24.7 Å². The average Bonchev–Trinajstić information content (AvgIpc) is 3.10. The van der Waals surface area contributed by atoms with Gasteiger partial charge in [0.05, 0.1) is 26.9 Å². The van der Waals surface area contributed by atoms with Crippen molar-refractivity contribution in [2.24, 2.45) is 10.8 Å². The number of amides is 3. The van der Waals surface area contributed by atoms with Gasteiger partial charge in [0.15, 0.2) is 0 Å². The fourth-order valence-electron chi connectivity index (χ4n) is 6.01. The van der Waals surface area contributed by atoms with Crippen molar-refractivity contribution in [3.05, 3.63) is 95.6 Å². The predicted molar refractivity (Wildman–Crippen MR) is 204 cm³/mol. The van der Waals surface area contributed by atoms with Crippen LogP contribution in [0.2, 0.25) is 0 Å². The van der Waals surface area contributed by atoms with Crippen molar-refractivity contribution < 1.29 is 34.1 Å². The SMILES string of the molecule is COC(=O)N[C@H](C(=O)N[C@@H](Cc1ccccc1)C[C@H](O)[C@H](Cc1ccc(-c2cccc(CO)c2)cc1)NC[C@@H](NC(=O)OC)C(C)(C)C)C(C)(C)C. The summed E-state index contributed by atoms with van der Waals surface area (Å²) in [6.07, 6.45) is -1.09. The van der Waals surface area contributed by atoms with Crippen molar-refractivity contribution in [3.63, 3.8) is 0 Å². The van der Waals surface area contributed by atoms with Crippen molar-refractivity contribution in [1.82, 2.24) is 21.3 Å². The molecule has 0 saturated heterocycles. The van der Waals surface area contributed by atoms with Crippen molar-refractivity contribution >= 4 is 18.1 Å². The minimum absolute atomic E-state index is 0.0398. The summed E-state index contributed by atoms with van der Waals surface area (Å²) in [5.41, 5.74) is 3.82. The number of aliphatic hydroxyl groups excluding tert-OH is 2. The number of hydrogen-bond donors (Lipinski definition) is 6. The van der Waals surface area contributed by atoms with Gasteiger partial charge < -0.3 is 41.0 Å². The molecule has 0 aromatic heterocycles. The van der Waals surface area contributed by atoms with Crippen molar-refractivity contribution in [3.8, 4) is 11.1 Å². The highest BCUT2D eigenvalue weighted by atomic mass is 16.5. The summed E-state index contributed by atoms with van der Waals surface area (Å²) in [5.74, 6) is -0.383. The lowest BCUT2D eigenvalue weighted by Gasteiger charge is -2.35. The molecule has 3 rings (SSSR count). The molecule has 3 amide bonds. The van der Waals surface area contributed by atoms with Gasteiger partial charge in [-0.1, -0.05) is 114 Å². The van der Waals surface area contributed by atoms with Crippen LogP contribution < -0.4 is 21.3 Å². The molecule has 0 unspecified atom stereocenters. The normalized spacial score (nSPS) is 14.7. The van der Waals surface area contributed by atoms with Gasteiger partial charge >= 0.3 is 12.2 Å². The fourth-order valence-corrected chi connectivity index (χ4v) is 6.01. The highest BCUT2D eigenvalue weighted by Crippen LogP contribution is 2.24. The lowest BCUT2D eigenvalue weighted by Crippen LogP contribution is -2.57. The van der Waals surface area contributed by atoms with E-state index in [2.05, 4.69) is 21.3 Å². The van der Waals surface area contributed by atoms with Gasteiger partial charge in [0.1, 0.15) is 6.04 Å². The molecule has 0 aliphatic carbocycles. The monoisotopic (exact) mass is 718 g/mol. The Balaban J connectivity index is 1.93. The molecule has 0 bridgehead atoms. The minimum atomic E-state index is -0.935. The molecule has 52 heavy (non-hydrogen) atoms. The third-order valence-electron chi connectivity index (χ3n) is 9.20. The Bertz CT molecular complexity index is 1570. The lowest BCUT2D eigenvalue weighted by molar-refractivity contribution is -0.126. The molecular weight excluding hydrogens is 660 g/mol. The van der Waals surface area contributed by atoms with E-state index in [0.29, 0.717) is 19.4 Å². The van der Waals surface area contributed by atoms with Crippen LogP contribution in [0.25, 0.3) is 11.1 Å². The molecule has 0 fully saturated rings. The number of carbonyl (C=O) groups is 3. The first-order chi connectivity index (χ1) is 24.5. The zero-order valence-electron chi connectivity index (χ0n) is 31.9. The van der Waals surface area contributed by atoms with Crippen LogP contribution in [0.5, 0.6) is 0 Å². The van der Waals surface area contributed by atoms with Crippen molar-refractivity contribution in [2.75, 3.05) is 20.8 Å². The second-order valence-electron chi connectivity index (χ2n) is 15.5. The first-order valence-electron chi connectivity index (χ1n) is 17.8. The second-order valence-corrected chi connectivity index (χ2v) is 15.5. The number of benzene rings is 3. The van der Waals surface area contributed by atoms with Gasteiger partial charge in [-0.15, -0.1) is 0 Å². The summed E-state index contributed by atoms with van der Waals surface area (Å²) in [6, 6.07) is 23.4. The molecule has 3 aromatic rings. The second kappa shape index (κ2) is 19.4. The van der Waals surface area contributed by atoms with Crippen LogP contribution in [0.15, 0.2) is 78.9 Å². The number of methoxy groups -OCH3 is 2. The molecular formula is C41H58N4O7. The Morgan fingerprint density at radius 3 is 1.87 bits per heavy atom. The Labute approximate surface area is 308 Å². The maximum atomic E-state index is 13.8. The quantitative estimate of drug-likeness (QED) is 0.116. The Kier molecular flexibility index (Phi) is 15.7.